The number of rotatable bonds is 5. The Bertz CT molecular complexity index is 561. The molecule has 1 saturated heterocycles. The van der Waals surface area contributed by atoms with E-state index < -0.39 is 18.2 Å². The molecular formula is C16H20ClNO4. The fourth-order valence-corrected chi connectivity index (χ4v) is 2.75. The minimum Gasteiger partial charge on any atom is -0.479 e. The SMILES string of the molecule is CC(C)N(Cc1cccc(Cl)c1)C(=O)[C@@H]1CC[C@H](C(=O)O)O1. The third-order valence-corrected chi connectivity index (χ3v) is 3.95. The number of carbonyl (C=O) groups is 2. The van der Waals surface area contributed by atoms with Crippen LogP contribution in [0, 0.1) is 0 Å². The van der Waals surface area contributed by atoms with E-state index in [2.05, 4.69) is 0 Å². The fourth-order valence-electron chi connectivity index (χ4n) is 2.53. The second-order valence-electron chi connectivity index (χ2n) is 5.72. The highest BCUT2D eigenvalue weighted by atomic mass is 35.5. The Labute approximate surface area is 134 Å². The van der Waals surface area contributed by atoms with Crippen molar-refractivity contribution in [3.8, 4) is 0 Å². The van der Waals surface area contributed by atoms with Crippen molar-refractivity contribution in [2.45, 2.75) is 51.5 Å². The maximum Gasteiger partial charge on any atom is 0.332 e. The summed E-state index contributed by atoms with van der Waals surface area (Å²) in [6.07, 6.45) is -0.750. The van der Waals surface area contributed by atoms with Crippen molar-refractivity contribution in [1.82, 2.24) is 4.90 Å². The highest BCUT2D eigenvalue weighted by Crippen LogP contribution is 2.23. The molecular weight excluding hydrogens is 306 g/mol. The first kappa shape index (κ1) is 16.8. The second kappa shape index (κ2) is 7.11. The summed E-state index contributed by atoms with van der Waals surface area (Å²) in [4.78, 5) is 25.3. The van der Waals surface area contributed by atoms with Crippen molar-refractivity contribution in [3.63, 3.8) is 0 Å². The average molecular weight is 326 g/mol. The molecule has 6 heteroatoms. The summed E-state index contributed by atoms with van der Waals surface area (Å²) in [6, 6.07) is 7.33. The third kappa shape index (κ3) is 3.99. The van der Waals surface area contributed by atoms with E-state index in [0.717, 1.165) is 5.56 Å². The molecule has 1 amide bonds. The zero-order valence-electron chi connectivity index (χ0n) is 12.7. The first-order valence-electron chi connectivity index (χ1n) is 7.31. The fraction of sp³-hybridized carbons (Fsp3) is 0.500. The van der Waals surface area contributed by atoms with Crippen LogP contribution in [0.25, 0.3) is 0 Å². The van der Waals surface area contributed by atoms with E-state index in [4.69, 9.17) is 21.4 Å². The van der Waals surface area contributed by atoms with Crippen LogP contribution in [0.15, 0.2) is 24.3 Å². The van der Waals surface area contributed by atoms with Crippen LogP contribution < -0.4 is 0 Å². The zero-order valence-corrected chi connectivity index (χ0v) is 13.4. The van der Waals surface area contributed by atoms with Crippen molar-refractivity contribution in [2.24, 2.45) is 0 Å². The number of hydrogen-bond acceptors (Lipinski definition) is 3. The predicted molar refractivity (Wildman–Crippen MR) is 82.7 cm³/mol. The molecule has 1 aromatic carbocycles. The molecule has 0 saturated carbocycles. The van der Waals surface area contributed by atoms with Crippen molar-refractivity contribution >= 4 is 23.5 Å². The number of aliphatic carboxylic acids is 1. The van der Waals surface area contributed by atoms with E-state index >= 15 is 0 Å². The number of ether oxygens (including phenoxy) is 1. The smallest absolute Gasteiger partial charge is 0.332 e. The number of carbonyl (C=O) groups excluding carboxylic acids is 1. The van der Waals surface area contributed by atoms with E-state index in [1.165, 1.54) is 0 Å². The largest absolute Gasteiger partial charge is 0.479 e. The minimum atomic E-state index is -1.01. The molecule has 1 heterocycles. The second-order valence-corrected chi connectivity index (χ2v) is 6.16. The maximum atomic E-state index is 12.6. The number of hydrogen-bond donors (Lipinski definition) is 1. The van der Waals surface area contributed by atoms with Crippen molar-refractivity contribution in [2.75, 3.05) is 0 Å². The van der Waals surface area contributed by atoms with Gasteiger partial charge in [-0.15, -0.1) is 0 Å². The molecule has 22 heavy (non-hydrogen) atoms. The topological polar surface area (TPSA) is 66.8 Å². The first-order chi connectivity index (χ1) is 10.4. The molecule has 1 aliphatic rings. The zero-order chi connectivity index (χ0) is 16.3. The number of carboxylic acids is 1. The monoisotopic (exact) mass is 325 g/mol. The lowest BCUT2D eigenvalue weighted by Crippen LogP contribution is -2.43. The molecule has 1 aliphatic heterocycles. The molecule has 0 aromatic heterocycles. The van der Waals surface area contributed by atoms with Gasteiger partial charge in [-0.25, -0.2) is 4.79 Å². The lowest BCUT2D eigenvalue weighted by atomic mass is 10.1. The number of nitrogens with zero attached hydrogens (tertiary/aromatic N) is 1. The third-order valence-electron chi connectivity index (χ3n) is 3.72. The molecule has 1 fully saturated rings. The van der Waals surface area contributed by atoms with Crippen LogP contribution in [0.5, 0.6) is 0 Å². The molecule has 0 unspecified atom stereocenters. The van der Waals surface area contributed by atoms with E-state index in [-0.39, 0.29) is 11.9 Å². The molecule has 5 nitrogen and oxygen atoms in total. The van der Waals surface area contributed by atoms with Gasteiger partial charge in [-0.1, -0.05) is 23.7 Å². The molecule has 0 bridgehead atoms. The molecule has 0 aliphatic carbocycles. The van der Waals surface area contributed by atoms with Gasteiger partial charge in [0.15, 0.2) is 6.10 Å². The van der Waals surface area contributed by atoms with Gasteiger partial charge in [-0.2, -0.15) is 0 Å². The summed E-state index contributed by atoms with van der Waals surface area (Å²) in [5.41, 5.74) is 0.933. The van der Waals surface area contributed by atoms with Gasteiger partial charge in [0.2, 0.25) is 0 Å². The number of halogens is 1. The number of amides is 1. The first-order valence-corrected chi connectivity index (χ1v) is 7.69. The van der Waals surface area contributed by atoms with Crippen LogP contribution in [0.4, 0.5) is 0 Å². The van der Waals surface area contributed by atoms with Gasteiger partial charge in [-0.05, 0) is 44.4 Å². The molecule has 1 N–H and O–H groups in total. The molecule has 120 valence electrons. The van der Waals surface area contributed by atoms with E-state index in [0.29, 0.717) is 24.4 Å². The highest BCUT2D eigenvalue weighted by Gasteiger charge is 2.37. The van der Waals surface area contributed by atoms with Gasteiger partial charge >= 0.3 is 5.97 Å². The Morgan fingerprint density at radius 2 is 2.05 bits per heavy atom. The molecule has 2 atom stereocenters. The summed E-state index contributed by atoms with van der Waals surface area (Å²) in [6.45, 7) is 4.27. The number of carboxylic acid groups (broad SMARTS) is 1. The summed E-state index contributed by atoms with van der Waals surface area (Å²) < 4.78 is 5.36. The minimum absolute atomic E-state index is 0.0149. The normalized spacial score (nSPS) is 21.1. The Morgan fingerprint density at radius 1 is 1.36 bits per heavy atom. The molecule has 0 radical (unpaired) electrons. The van der Waals surface area contributed by atoms with Crippen LogP contribution >= 0.6 is 11.6 Å². The molecule has 2 rings (SSSR count). The Kier molecular flexibility index (Phi) is 5.42. The van der Waals surface area contributed by atoms with Crippen LogP contribution in [-0.4, -0.2) is 40.1 Å². The summed E-state index contributed by atoms with van der Waals surface area (Å²) in [7, 11) is 0. The summed E-state index contributed by atoms with van der Waals surface area (Å²) in [5.74, 6) is -1.18. The van der Waals surface area contributed by atoms with Crippen molar-refractivity contribution in [1.29, 1.82) is 0 Å². The van der Waals surface area contributed by atoms with E-state index in [9.17, 15) is 9.59 Å². The summed E-state index contributed by atoms with van der Waals surface area (Å²) in [5, 5.41) is 9.58. The number of benzene rings is 1. The van der Waals surface area contributed by atoms with Crippen LogP contribution in [-0.2, 0) is 20.9 Å². The van der Waals surface area contributed by atoms with Gasteiger partial charge < -0.3 is 14.7 Å². The van der Waals surface area contributed by atoms with E-state index in [1.807, 2.05) is 32.0 Å². The maximum absolute atomic E-state index is 12.6. The van der Waals surface area contributed by atoms with Gasteiger partial charge in [0.25, 0.3) is 5.91 Å². The quantitative estimate of drug-likeness (QED) is 0.904. The van der Waals surface area contributed by atoms with Crippen molar-refractivity contribution in [3.05, 3.63) is 34.9 Å². The Hall–Kier alpha value is -1.59. The van der Waals surface area contributed by atoms with Gasteiger partial charge in [0.1, 0.15) is 6.10 Å². The Balaban J connectivity index is 2.08. The lowest BCUT2D eigenvalue weighted by Gasteiger charge is -2.29. The molecule has 0 spiro atoms. The Morgan fingerprint density at radius 3 is 2.59 bits per heavy atom. The van der Waals surface area contributed by atoms with Gasteiger partial charge in [0.05, 0.1) is 0 Å². The highest BCUT2D eigenvalue weighted by molar-refractivity contribution is 6.30. The van der Waals surface area contributed by atoms with E-state index in [1.54, 1.807) is 11.0 Å². The van der Waals surface area contributed by atoms with Crippen LogP contribution in [0.1, 0.15) is 32.3 Å². The molecule has 1 aromatic rings. The van der Waals surface area contributed by atoms with Gasteiger partial charge in [0, 0.05) is 17.6 Å². The average Bonchev–Trinajstić information content (AvgIpc) is 2.94. The summed E-state index contributed by atoms with van der Waals surface area (Å²) >= 11 is 5.98. The standard InChI is InChI=1S/C16H20ClNO4/c1-10(2)18(9-11-4-3-5-12(17)8-11)15(19)13-6-7-14(22-13)16(20)21/h3-5,8,10,13-14H,6-7,9H2,1-2H3,(H,20,21)/t13-,14+/m0/s1. The van der Waals surface area contributed by atoms with Gasteiger partial charge in [-0.3, -0.25) is 4.79 Å². The lowest BCUT2D eigenvalue weighted by molar-refractivity contribution is -0.155. The van der Waals surface area contributed by atoms with Crippen molar-refractivity contribution < 1.29 is 19.4 Å². The predicted octanol–water partition coefficient (Wildman–Crippen LogP) is 2.71. The van der Waals surface area contributed by atoms with Crippen LogP contribution in [0.2, 0.25) is 5.02 Å². The van der Waals surface area contributed by atoms with Crippen LogP contribution in [0.3, 0.4) is 0 Å².